The van der Waals surface area contributed by atoms with Gasteiger partial charge in [-0.25, -0.2) is 0 Å². The van der Waals surface area contributed by atoms with E-state index in [9.17, 15) is 0 Å². The molecule has 0 heterocycles. The Morgan fingerprint density at radius 1 is 0.481 bits per heavy atom. The fourth-order valence-electron chi connectivity index (χ4n) is 4.94. The minimum absolute atomic E-state index is 0.880. The van der Waals surface area contributed by atoms with E-state index in [1.807, 2.05) is 0 Å². The fourth-order valence-corrected chi connectivity index (χ4v) is 4.94. The molecule has 0 aliphatic heterocycles. The van der Waals surface area contributed by atoms with Crippen LogP contribution in [0.25, 0.3) is 33.4 Å². The monoisotopic (exact) mass is 345 g/mol. The van der Waals surface area contributed by atoms with Gasteiger partial charge in [-0.15, -0.1) is 0 Å². The Morgan fingerprint density at radius 2 is 1.04 bits per heavy atom. The van der Waals surface area contributed by atoms with Crippen LogP contribution in [-0.2, 0) is 12.8 Å². The lowest BCUT2D eigenvalue weighted by Crippen LogP contribution is -1.98. The number of hydrogen-bond acceptors (Lipinski definition) is 1. The van der Waals surface area contributed by atoms with Gasteiger partial charge in [-0.2, -0.15) is 0 Å². The maximum absolute atomic E-state index is 6.56. The minimum Gasteiger partial charge on any atom is -0.398 e. The van der Waals surface area contributed by atoms with Gasteiger partial charge in [0.1, 0.15) is 0 Å². The number of benzene rings is 4. The molecule has 0 saturated heterocycles. The number of fused-ring (bicyclic) bond motifs is 6. The summed E-state index contributed by atoms with van der Waals surface area (Å²) in [5, 5.41) is 0. The molecule has 0 aromatic heterocycles. The molecule has 1 nitrogen and oxygen atoms in total. The Morgan fingerprint density at radius 3 is 1.78 bits per heavy atom. The van der Waals surface area contributed by atoms with Gasteiger partial charge in [-0.05, 0) is 69.0 Å². The molecular formula is C26H19N. The van der Waals surface area contributed by atoms with E-state index in [1.54, 1.807) is 0 Å². The summed E-state index contributed by atoms with van der Waals surface area (Å²) in [6.45, 7) is 0. The standard InChI is InChI=1S/C26H19N/c27-25-13-12-21-19-9-4-2-7-17(19)15-24(21)26(25)22-11-5-10-20-18-8-3-1-6-16(18)14-23(20)22/h1-13H,14-15,27H2. The second kappa shape index (κ2) is 5.34. The van der Waals surface area contributed by atoms with Crippen LogP contribution >= 0.6 is 0 Å². The molecule has 4 aromatic carbocycles. The van der Waals surface area contributed by atoms with E-state index in [0.29, 0.717) is 0 Å². The Labute approximate surface area is 159 Å². The first kappa shape index (κ1) is 14.8. The smallest absolute Gasteiger partial charge is 0.0397 e. The van der Waals surface area contributed by atoms with Crippen LogP contribution in [0.1, 0.15) is 22.3 Å². The average Bonchev–Trinajstić information content (AvgIpc) is 3.26. The van der Waals surface area contributed by atoms with E-state index in [4.69, 9.17) is 5.73 Å². The van der Waals surface area contributed by atoms with Gasteiger partial charge in [-0.3, -0.25) is 0 Å². The molecule has 0 unspecified atom stereocenters. The van der Waals surface area contributed by atoms with Crippen molar-refractivity contribution in [1.29, 1.82) is 0 Å². The Hall–Kier alpha value is -3.32. The van der Waals surface area contributed by atoms with Crippen LogP contribution in [0.3, 0.4) is 0 Å². The lowest BCUT2D eigenvalue weighted by molar-refractivity contribution is 1.24. The molecule has 4 aromatic rings. The summed E-state index contributed by atoms with van der Waals surface area (Å²) >= 11 is 0. The molecular weight excluding hydrogens is 326 g/mol. The number of nitrogens with two attached hydrogens (primary N) is 1. The van der Waals surface area contributed by atoms with Crippen molar-refractivity contribution in [2.24, 2.45) is 0 Å². The predicted molar refractivity (Wildman–Crippen MR) is 113 cm³/mol. The molecule has 0 spiro atoms. The third kappa shape index (κ3) is 2.00. The zero-order valence-electron chi connectivity index (χ0n) is 15.0. The molecule has 2 aliphatic rings. The summed E-state index contributed by atoms with van der Waals surface area (Å²) < 4.78 is 0. The highest BCUT2D eigenvalue weighted by Crippen LogP contribution is 2.48. The highest BCUT2D eigenvalue weighted by Gasteiger charge is 2.27. The second-order valence-corrected chi connectivity index (χ2v) is 7.56. The van der Waals surface area contributed by atoms with E-state index in [0.717, 1.165) is 18.5 Å². The number of anilines is 1. The van der Waals surface area contributed by atoms with Crippen molar-refractivity contribution < 1.29 is 0 Å². The van der Waals surface area contributed by atoms with E-state index < -0.39 is 0 Å². The lowest BCUT2D eigenvalue weighted by Gasteiger charge is -2.16. The van der Waals surface area contributed by atoms with Crippen molar-refractivity contribution in [2.45, 2.75) is 12.8 Å². The van der Waals surface area contributed by atoms with Crippen LogP contribution in [0, 0.1) is 0 Å². The van der Waals surface area contributed by atoms with Crippen LogP contribution < -0.4 is 5.73 Å². The number of hydrogen-bond donors (Lipinski definition) is 1. The molecule has 0 atom stereocenters. The molecule has 2 N–H and O–H groups in total. The zero-order chi connectivity index (χ0) is 18.0. The lowest BCUT2D eigenvalue weighted by atomic mass is 9.89. The molecule has 0 fully saturated rings. The summed E-state index contributed by atoms with van der Waals surface area (Å²) in [6, 6.07) is 28.4. The van der Waals surface area contributed by atoms with E-state index in [2.05, 4.69) is 78.9 Å². The van der Waals surface area contributed by atoms with E-state index in [-0.39, 0.29) is 0 Å². The van der Waals surface area contributed by atoms with Crippen LogP contribution in [-0.4, -0.2) is 0 Å². The predicted octanol–water partition coefficient (Wildman–Crippen LogP) is 6.08. The SMILES string of the molecule is Nc1ccc2c(c1-c1cccc3c1Cc1ccccc1-3)Cc1ccccc1-2. The van der Waals surface area contributed by atoms with E-state index in [1.165, 1.54) is 55.6 Å². The van der Waals surface area contributed by atoms with Crippen LogP contribution in [0.4, 0.5) is 5.69 Å². The highest BCUT2D eigenvalue weighted by molar-refractivity contribution is 5.94. The van der Waals surface area contributed by atoms with E-state index >= 15 is 0 Å². The minimum atomic E-state index is 0.880. The van der Waals surface area contributed by atoms with Gasteiger partial charge in [-0.1, -0.05) is 72.8 Å². The molecule has 6 rings (SSSR count). The van der Waals surface area contributed by atoms with Crippen LogP contribution in [0.15, 0.2) is 78.9 Å². The normalized spacial score (nSPS) is 13.0. The second-order valence-electron chi connectivity index (χ2n) is 7.56. The van der Waals surface area contributed by atoms with Crippen molar-refractivity contribution in [1.82, 2.24) is 0 Å². The van der Waals surface area contributed by atoms with Crippen LogP contribution in [0.5, 0.6) is 0 Å². The summed E-state index contributed by atoms with van der Waals surface area (Å²) in [4.78, 5) is 0. The summed E-state index contributed by atoms with van der Waals surface area (Å²) in [5.74, 6) is 0. The first-order valence-corrected chi connectivity index (χ1v) is 9.51. The Bertz CT molecular complexity index is 1230. The van der Waals surface area contributed by atoms with Gasteiger partial charge < -0.3 is 5.73 Å². The maximum atomic E-state index is 6.56. The van der Waals surface area contributed by atoms with Gasteiger partial charge in [0.25, 0.3) is 0 Å². The molecule has 0 bridgehead atoms. The van der Waals surface area contributed by atoms with Gasteiger partial charge in [0, 0.05) is 11.3 Å². The largest absolute Gasteiger partial charge is 0.398 e. The molecule has 0 amide bonds. The molecule has 0 saturated carbocycles. The molecule has 1 heteroatoms. The zero-order valence-corrected chi connectivity index (χ0v) is 15.0. The quantitative estimate of drug-likeness (QED) is 0.359. The molecule has 128 valence electrons. The Kier molecular flexibility index (Phi) is 2.93. The summed E-state index contributed by atoms with van der Waals surface area (Å²) in [7, 11) is 0. The molecule has 0 radical (unpaired) electrons. The summed E-state index contributed by atoms with van der Waals surface area (Å²) in [6.07, 6.45) is 1.94. The molecule has 2 aliphatic carbocycles. The average molecular weight is 345 g/mol. The fraction of sp³-hybridized carbons (Fsp3) is 0.0769. The summed E-state index contributed by atoms with van der Waals surface area (Å²) in [5.41, 5.74) is 21.0. The maximum Gasteiger partial charge on any atom is 0.0397 e. The van der Waals surface area contributed by atoms with Crippen molar-refractivity contribution in [3.63, 3.8) is 0 Å². The topological polar surface area (TPSA) is 26.0 Å². The van der Waals surface area contributed by atoms with Crippen molar-refractivity contribution >= 4 is 5.69 Å². The van der Waals surface area contributed by atoms with Gasteiger partial charge in [0.05, 0.1) is 0 Å². The number of rotatable bonds is 1. The van der Waals surface area contributed by atoms with Crippen LogP contribution in [0.2, 0.25) is 0 Å². The number of nitrogen functional groups attached to an aromatic ring is 1. The van der Waals surface area contributed by atoms with Gasteiger partial charge >= 0.3 is 0 Å². The van der Waals surface area contributed by atoms with Gasteiger partial charge in [0.2, 0.25) is 0 Å². The highest BCUT2D eigenvalue weighted by atomic mass is 14.6. The first-order valence-electron chi connectivity index (χ1n) is 9.51. The third-order valence-electron chi connectivity index (χ3n) is 6.14. The Balaban J connectivity index is 1.61. The van der Waals surface area contributed by atoms with Crippen molar-refractivity contribution in [3.05, 3.63) is 101 Å². The first-order chi connectivity index (χ1) is 13.3. The van der Waals surface area contributed by atoms with Gasteiger partial charge in [0.15, 0.2) is 0 Å². The van der Waals surface area contributed by atoms with Crippen molar-refractivity contribution in [2.75, 3.05) is 5.73 Å². The van der Waals surface area contributed by atoms with Crippen molar-refractivity contribution in [3.8, 4) is 33.4 Å². The third-order valence-corrected chi connectivity index (χ3v) is 6.14. The molecule has 27 heavy (non-hydrogen) atoms.